The molecule has 0 aromatic carbocycles. The number of piperidine rings is 1. The number of ether oxygens (including phenoxy) is 1. The molecular formula is C19H32N4O2. The van der Waals surface area contributed by atoms with Gasteiger partial charge in [-0.2, -0.15) is 5.10 Å². The lowest BCUT2D eigenvalue weighted by molar-refractivity contribution is 0.0512. The molecular weight excluding hydrogens is 316 g/mol. The molecule has 2 amide bonds. The van der Waals surface area contributed by atoms with Crippen LogP contribution in [0.15, 0.2) is 12.4 Å². The molecule has 2 aliphatic heterocycles. The molecule has 2 fully saturated rings. The summed E-state index contributed by atoms with van der Waals surface area (Å²) < 4.78 is 5.45. The summed E-state index contributed by atoms with van der Waals surface area (Å²) in [7, 11) is 0. The predicted octanol–water partition coefficient (Wildman–Crippen LogP) is 3.14. The van der Waals surface area contributed by atoms with Crippen LogP contribution in [-0.2, 0) is 4.74 Å². The first kappa shape index (κ1) is 18.2. The van der Waals surface area contributed by atoms with E-state index in [0.717, 1.165) is 70.9 Å². The fraction of sp³-hybridized carbons (Fsp3) is 0.789. The van der Waals surface area contributed by atoms with Crippen molar-refractivity contribution in [2.24, 2.45) is 11.3 Å². The fourth-order valence-corrected chi connectivity index (χ4v) is 4.15. The van der Waals surface area contributed by atoms with Crippen molar-refractivity contribution in [3.63, 3.8) is 0 Å². The molecule has 0 saturated carbocycles. The monoisotopic (exact) mass is 348 g/mol. The molecule has 3 rings (SSSR count). The molecule has 2 aliphatic rings. The van der Waals surface area contributed by atoms with Crippen LogP contribution in [0.2, 0.25) is 0 Å². The SMILES string of the molecule is CC(C)(CNC(=O)N1CCCC(c2cn[nH]c2)C1)CC1CCOCC1. The van der Waals surface area contributed by atoms with E-state index in [9.17, 15) is 4.79 Å². The first-order valence-corrected chi connectivity index (χ1v) is 9.63. The van der Waals surface area contributed by atoms with Gasteiger partial charge in [0, 0.05) is 45.0 Å². The van der Waals surface area contributed by atoms with E-state index in [1.54, 1.807) is 0 Å². The third-order valence-electron chi connectivity index (χ3n) is 5.60. The van der Waals surface area contributed by atoms with Gasteiger partial charge in [0.2, 0.25) is 0 Å². The molecule has 2 saturated heterocycles. The maximum Gasteiger partial charge on any atom is 0.317 e. The number of nitrogens with one attached hydrogen (secondary N) is 2. The van der Waals surface area contributed by atoms with E-state index in [-0.39, 0.29) is 11.4 Å². The Labute approximate surface area is 150 Å². The lowest BCUT2D eigenvalue weighted by Crippen LogP contribution is -2.47. The predicted molar refractivity (Wildman–Crippen MR) is 97.5 cm³/mol. The minimum Gasteiger partial charge on any atom is -0.381 e. The number of H-pyrrole nitrogens is 1. The van der Waals surface area contributed by atoms with Crippen molar-refractivity contribution >= 4 is 6.03 Å². The summed E-state index contributed by atoms with van der Waals surface area (Å²) in [6, 6.07) is 0.0771. The van der Waals surface area contributed by atoms with Crippen LogP contribution in [0.5, 0.6) is 0 Å². The first-order valence-electron chi connectivity index (χ1n) is 9.63. The first-order chi connectivity index (χ1) is 12.0. The number of carbonyl (C=O) groups excluding carboxylic acids is 1. The summed E-state index contributed by atoms with van der Waals surface area (Å²) >= 11 is 0. The summed E-state index contributed by atoms with van der Waals surface area (Å²) in [5.41, 5.74) is 1.33. The highest BCUT2D eigenvalue weighted by Crippen LogP contribution is 2.31. The Balaban J connectivity index is 1.46. The smallest absolute Gasteiger partial charge is 0.317 e. The van der Waals surface area contributed by atoms with Gasteiger partial charge in [-0.25, -0.2) is 4.79 Å². The van der Waals surface area contributed by atoms with Gasteiger partial charge in [0.1, 0.15) is 0 Å². The van der Waals surface area contributed by atoms with Gasteiger partial charge in [-0.1, -0.05) is 13.8 Å². The quantitative estimate of drug-likeness (QED) is 0.859. The number of hydrogen-bond donors (Lipinski definition) is 2. The van der Waals surface area contributed by atoms with Crippen LogP contribution in [0.4, 0.5) is 4.79 Å². The number of urea groups is 1. The van der Waals surface area contributed by atoms with Crippen LogP contribution in [0.25, 0.3) is 0 Å². The van der Waals surface area contributed by atoms with Gasteiger partial charge in [-0.15, -0.1) is 0 Å². The van der Waals surface area contributed by atoms with E-state index >= 15 is 0 Å². The van der Waals surface area contributed by atoms with Crippen molar-refractivity contribution < 1.29 is 9.53 Å². The topological polar surface area (TPSA) is 70.2 Å². The highest BCUT2D eigenvalue weighted by molar-refractivity contribution is 5.74. The van der Waals surface area contributed by atoms with Crippen LogP contribution < -0.4 is 5.32 Å². The maximum absolute atomic E-state index is 12.6. The van der Waals surface area contributed by atoms with E-state index in [0.29, 0.717) is 5.92 Å². The second kappa shape index (κ2) is 8.21. The van der Waals surface area contributed by atoms with Gasteiger partial charge in [-0.3, -0.25) is 5.10 Å². The third kappa shape index (κ3) is 5.21. The Hall–Kier alpha value is -1.56. The van der Waals surface area contributed by atoms with E-state index in [1.807, 2.05) is 17.3 Å². The second-order valence-corrected chi connectivity index (χ2v) is 8.40. The minimum absolute atomic E-state index is 0.0771. The Morgan fingerprint density at radius 2 is 2.20 bits per heavy atom. The van der Waals surface area contributed by atoms with E-state index < -0.39 is 0 Å². The molecule has 1 atom stereocenters. The van der Waals surface area contributed by atoms with Crippen molar-refractivity contribution in [2.75, 3.05) is 32.8 Å². The highest BCUT2D eigenvalue weighted by Gasteiger charge is 2.28. The summed E-state index contributed by atoms with van der Waals surface area (Å²) in [5, 5.41) is 10.1. The molecule has 0 spiro atoms. The van der Waals surface area contributed by atoms with Gasteiger partial charge in [0.15, 0.2) is 0 Å². The largest absolute Gasteiger partial charge is 0.381 e. The Bertz CT molecular complexity index is 538. The normalized spacial score (nSPS) is 22.8. The Kier molecular flexibility index (Phi) is 5.99. The number of amides is 2. The lowest BCUT2D eigenvalue weighted by Gasteiger charge is -2.35. The standard InChI is InChI=1S/C19H32N4O2/c1-19(2,10-15-5-8-25-9-6-15)14-20-18(24)23-7-3-4-16(13-23)17-11-21-22-12-17/h11-12,15-16H,3-10,13-14H2,1-2H3,(H,20,24)(H,21,22). The summed E-state index contributed by atoms with van der Waals surface area (Å²) in [5.74, 6) is 1.12. The second-order valence-electron chi connectivity index (χ2n) is 8.40. The minimum atomic E-state index is 0.0771. The molecule has 1 aromatic heterocycles. The molecule has 140 valence electrons. The third-order valence-corrected chi connectivity index (χ3v) is 5.60. The molecule has 0 radical (unpaired) electrons. The number of rotatable bonds is 5. The van der Waals surface area contributed by atoms with E-state index in [1.165, 1.54) is 5.56 Å². The van der Waals surface area contributed by atoms with Crippen LogP contribution in [-0.4, -0.2) is 54.0 Å². The van der Waals surface area contributed by atoms with Gasteiger partial charge >= 0.3 is 6.03 Å². The number of hydrogen-bond acceptors (Lipinski definition) is 3. The highest BCUT2D eigenvalue weighted by atomic mass is 16.5. The van der Waals surface area contributed by atoms with Crippen LogP contribution >= 0.6 is 0 Å². The van der Waals surface area contributed by atoms with Crippen molar-refractivity contribution in [3.05, 3.63) is 18.0 Å². The Morgan fingerprint density at radius 3 is 2.92 bits per heavy atom. The number of aromatic nitrogens is 2. The zero-order valence-electron chi connectivity index (χ0n) is 15.6. The summed E-state index contributed by atoms with van der Waals surface area (Å²) in [6.45, 7) is 8.65. The van der Waals surface area contributed by atoms with Gasteiger partial charge in [0.05, 0.1) is 6.20 Å². The van der Waals surface area contributed by atoms with Gasteiger partial charge < -0.3 is 15.0 Å². The molecule has 1 aromatic rings. The molecule has 6 heteroatoms. The zero-order valence-corrected chi connectivity index (χ0v) is 15.6. The maximum atomic E-state index is 12.6. The van der Waals surface area contributed by atoms with E-state index in [4.69, 9.17) is 4.74 Å². The lowest BCUT2D eigenvalue weighted by atomic mass is 9.80. The number of nitrogens with zero attached hydrogens (tertiary/aromatic N) is 2. The number of aromatic amines is 1. The van der Waals surface area contributed by atoms with Crippen molar-refractivity contribution in [3.8, 4) is 0 Å². The summed E-state index contributed by atoms with van der Waals surface area (Å²) in [4.78, 5) is 14.6. The van der Waals surface area contributed by atoms with Gasteiger partial charge in [-0.05, 0) is 49.0 Å². The fourth-order valence-electron chi connectivity index (χ4n) is 4.15. The van der Waals surface area contributed by atoms with E-state index in [2.05, 4.69) is 29.4 Å². The molecule has 6 nitrogen and oxygen atoms in total. The van der Waals surface area contributed by atoms with Crippen molar-refractivity contribution in [1.82, 2.24) is 20.4 Å². The average molecular weight is 348 g/mol. The number of likely N-dealkylation sites (tertiary alicyclic amines) is 1. The van der Waals surface area contributed by atoms with Crippen LogP contribution in [0.1, 0.15) is 57.4 Å². The van der Waals surface area contributed by atoms with Crippen molar-refractivity contribution in [1.29, 1.82) is 0 Å². The van der Waals surface area contributed by atoms with Crippen molar-refractivity contribution in [2.45, 2.75) is 51.9 Å². The number of carbonyl (C=O) groups is 1. The molecule has 2 N–H and O–H groups in total. The molecule has 1 unspecified atom stereocenters. The van der Waals surface area contributed by atoms with Crippen LogP contribution in [0.3, 0.4) is 0 Å². The average Bonchev–Trinajstić information content (AvgIpc) is 3.15. The molecule has 25 heavy (non-hydrogen) atoms. The molecule has 0 bridgehead atoms. The Morgan fingerprint density at radius 1 is 1.40 bits per heavy atom. The van der Waals surface area contributed by atoms with Crippen LogP contribution in [0, 0.1) is 11.3 Å². The van der Waals surface area contributed by atoms with Gasteiger partial charge in [0.25, 0.3) is 0 Å². The molecule has 3 heterocycles. The zero-order chi connectivity index (χ0) is 17.7. The molecule has 0 aliphatic carbocycles. The summed E-state index contributed by atoms with van der Waals surface area (Å²) in [6.07, 6.45) is 9.44.